The van der Waals surface area contributed by atoms with Gasteiger partial charge in [-0.3, -0.25) is 15.0 Å². The first kappa shape index (κ1) is 24.8. The third-order valence-electron chi connectivity index (χ3n) is 7.78. The minimum atomic E-state index is 0.795. The van der Waals surface area contributed by atoms with E-state index in [1.165, 1.54) is 21.8 Å². The van der Waals surface area contributed by atoms with Gasteiger partial charge in [0.15, 0.2) is 0 Å². The maximum absolute atomic E-state index is 4.88. The monoisotopic (exact) mass is 551 g/mol. The van der Waals surface area contributed by atoms with Crippen LogP contribution in [0.15, 0.2) is 152 Å². The molecule has 5 aromatic heterocycles. The topological polar surface area (TPSA) is 56.5 Å². The van der Waals surface area contributed by atoms with Gasteiger partial charge in [0.1, 0.15) is 0 Å². The van der Waals surface area contributed by atoms with Gasteiger partial charge in [-0.1, -0.05) is 66.7 Å². The molecule has 43 heavy (non-hydrogen) atoms. The predicted molar refractivity (Wildman–Crippen MR) is 174 cm³/mol. The summed E-state index contributed by atoms with van der Waals surface area (Å²) in [6.45, 7) is 0. The van der Waals surface area contributed by atoms with E-state index < -0.39 is 0 Å². The fourth-order valence-electron chi connectivity index (χ4n) is 5.71. The van der Waals surface area contributed by atoms with Gasteiger partial charge in [-0.15, -0.1) is 0 Å². The van der Waals surface area contributed by atoms with Crippen LogP contribution in [-0.2, 0) is 0 Å². The van der Waals surface area contributed by atoms with Crippen molar-refractivity contribution in [1.29, 1.82) is 0 Å². The molecular weight excluding hydrogens is 526 g/mol. The molecule has 0 fully saturated rings. The molecule has 0 saturated heterocycles. The van der Waals surface area contributed by atoms with E-state index in [4.69, 9.17) is 9.97 Å². The largest absolute Gasteiger partial charge is 0.309 e. The Morgan fingerprint density at radius 2 is 0.953 bits per heavy atom. The average Bonchev–Trinajstić information content (AvgIpc) is 3.43. The van der Waals surface area contributed by atoms with Crippen LogP contribution in [0, 0.1) is 0 Å². The highest BCUT2D eigenvalue weighted by atomic mass is 15.0. The Bertz CT molecular complexity index is 2090. The Hall–Kier alpha value is -5.94. The summed E-state index contributed by atoms with van der Waals surface area (Å²) in [5, 5.41) is 2.51. The molecule has 0 aliphatic heterocycles. The number of benzene rings is 3. The molecule has 202 valence electrons. The van der Waals surface area contributed by atoms with Gasteiger partial charge in [-0.2, -0.15) is 0 Å². The molecule has 0 amide bonds. The van der Waals surface area contributed by atoms with Crippen molar-refractivity contribution in [3.8, 4) is 50.8 Å². The van der Waals surface area contributed by atoms with Crippen molar-refractivity contribution < 1.29 is 0 Å². The summed E-state index contributed by atoms with van der Waals surface area (Å²) in [4.78, 5) is 18.8. The first-order chi connectivity index (χ1) is 21.3. The van der Waals surface area contributed by atoms with Crippen LogP contribution in [0.2, 0.25) is 0 Å². The van der Waals surface area contributed by atoms with Crippen LogP contribution in [0.3, 0.4) is 0 Å². The van der Waals surface area contributed by atoms with Gasteiger partial charge in [0.2, 0.25) is 0 Å². The number of pyridine rings is 4. The smallest absolute Gasteiger partial charge is 0.0900 e. The first-order valence-corrected chi connectivity index (χ1v) is 14.2. The number of para-hydroxylation sites is 2. The zero-order valence-electron chi connectivity index (χ0n) is 23.2. The molecule has 8 rings (SSSR count). The van der Waals surface area contributed by atoms with Crippen molar-refractivity contribution in [2.24, 2.45) is 0 Å². The molecule has 8 aromatic rings. The summed E-state index contributed by atoms with van der Waals surface area (Å²) in [6.07, 6.45) is 5.50. The van der Waals surface area contributed by atoms with Gasteiger partial charge in [0.25, 0.3) is 0 Å². The van der Waals surface area contributed by atoms with Gasteiger partial charge < -0.3 is 4.57 Å². The Morgan fingerprint density at radius 1 is 0.395 bits per heavy atom. The minimum absolute atomic E-state index is 0.795. The Labute approximate surface area is 248 Å². The number of nitrogens with zero attached hydrogens (tertiary/aromatic N) is 5. The molecule has 5 heteroatoms. The van der Waals surface area contributed by atoms with Crippen LogP contribution in [0.25, 0.3) is 72.7 Å². The van der Waals surface area contributed by atoms with Crippen molar-refractivity contribution in [2.45, 2.75) is 0 Å². The first-order valence-electron chi connectivity index (χ1n) is 14.2. The molecular formula is C38H25N5. The molecule has 0 radical (unpaired) electrons. The predicted octanol–water partition coefficient (Wildman–Crippen LogP) is 9.03. The van der Waals surface area contributed by atoms with E-state index in [1.54, 1.807) is 12.4 Å². The van der Waals surface area contributed by atoms with Crippen LogP contribution in [-0.4, -0.2) is 24.5 Å². The summed E-state index contributed by atoms with van der Waals surface area (Å²) < 4.78 is 2.33. The third-order valence-corrected chi connectivity index (χ3v) is 7.78. The Balaban J connectivity index is 1.15. The maximum atomic E-state index is 4.88. The van der Waals surface area contributed by atoms with Crippen LogP contribution < -0.4 is 0 Å². The lowest BCUT2D eigenvalue weighted by molar-refractivity contribution is 1.18. The quantitative estimate of drug-likeness (QED) is 0.214. The van der Waals surface area contributed by atoms with Gasteiger partial charge in [0, 0.05) is 46.2 Å². The minimum Gasteiger partial charge on any atom is -0.309 e. The highest BCUT2D eigenvalue weighted by molar-refractivity contribution is 6.09. The third kappa shape index (κ3) is 4.53. The SMILES string of the molecule is c1ccc(-c2cc(-c3ccc(-c4ccc(-n5c6ccccc6c6ccccc65)cc4)nc3)cc(-c3ccccn3)n2)nc1. The highest BCUT2D eigenvalue weighted by Crippen LogP contribution is 2.33. The van der Waals surface area contributed by atoms with E-state index in [-0.39, 0.29) is 0 Å². The number of aromatic nitrogens is 5. The highest BCUT2D eigenvalue weighted by Gasteiger charge is 2.13. The van der Waals surface area contributed by atoms with E-state index in [9.17, 15) is 0 Å². The van der Waals surface area contributed by atoms with Gasteiger partial charge in [-0.25, -0.2) is 4.98 Å². The van der Waals surface area contributed by atoms with Crippen LogP contribution >= 0.6 is 0 Å². The molecule has 0 atom stereocenters. The van der Waals surface area contributed by atoms with E-state index in [1.807, 2.05) is 42.6 Å². The summed E-state index contributed by atoms with van der Waals surface area (Å²) in [5.41, 5.74) is 10.7. The summed E-state index contributed by atoms with van der Waals surface area (Å²) in [6, 6.07) is 45.8. The second-order valence-electron chi connectivity index (χ2n) is 10.4. The molecule has 5 heterocycles. The van der Waals surface area contributed by atoms with Crippen molar-refractivity contribution in [2.75, 3.05) is 0 Å². The van der Waals surface area contributed by atoms with Crippen LogP contribution in [0.1, 0.15) is 0 Å². The standard InChI is InChI=1S/C38H25N5/c1-3-13-37-30(9-1)31-10-2-4-14-38(31)43(37)29-18-15-26(16-19-29)32-20-17-27(25-41-32)28-23-35(33-11-5-7-21-39-33)42-36(24-28)34-12-6-8-22-40-34/h1-25H. The number of fused-ring (bicyclic) bond motifs is 3. The van der Waals surface area contributed by atoms with E-state index in [0.29, 0.717) is 0 Å². The molecule has 0 spiro atoms. The lowest BCUT2D eigenvalue weighted by Gasteiger charge is -2.11. The number of hydrogen-bond acceptors (Lipinski definition) is 4. The maximum Gasteiger partial charge on any atom is 0.0900 e. The zero-order chi connectivity index (χ0) is 28.6. The van der Waals surface area contributed by atoms with Crippen molar-refractivity contribution >= 4 is 21.8 Å². The summed E-state index contributed by atoms with van der Waals surface area (Å²) in [7, 11) is 0. The number of hydrogen-bond donors (Lipinski definition) is 0. The molecule has 3 aromatic carbocycles. The zero-order valence-corrected chi connectivity index (χ0v) is 23.2. The fraction of sp³-hybridized carbons (Fsp3) is 0. The van der Waals surface area contributed by atoms with Gasteiger partial charge >= 0.3 is 0 Å². The molecule has 0 saturated carbocycles. The Morgan fingerprint density at radius 3 is 1.49 bits per heavy atom. The molecule has 0 aliphatic carbocycles. The summed E-state index contributed by atoms with van der Waals surface area (Å²) in [5.74, 6) is 0. The average molecular weight is 552 g/mol. The lowest BCUT2D eigenvalue weighted by Crippen LogP contribution is -1.95. The Kier molecular flexibility index (Phi) is 6.05. The van der Waals surface area contributed by atoms with Gasteiger partial charge in [-0.05, 0) is 72.3 Å². The second kappa shape index (κ2) is 10.5. The van der Waals surface area contributed by atoms with E-state index >= 15 is 0 Å². The number of rotatable bonds is 5. The molecule has 0 unspecified atom stereocenters. The van der Waals surface area contributed by atoms with Gasteiger partial charge in [0.05, 0.1) is 39.5 Å². The molecule has 5 nitrogen and oxygen atoms in total. The van der Waals surface area contributed by atoms with Crippen LogP contribution in [0.5, 0.6) is 0 Å². The van der Waals surface area contributed by atoms with Crippen molar-refractivity contribution in [3.05, 3.63) is 152 Å². The molecule has 0 bridgehead atoms. The summed E-state index contributed by atoms with van der Waals surface area (Å²) >= 11 is 0. The molecule has 0 N–H and O–H groups in total. The fourth-order valence-corrected chi connectivity index (χ4v) is 5.71. The second-order valence-corrected chi connectivity index (χ2v) is 10.4. The van der Waals surface area contributed by atoms with Crippen LogP contribution in [0.4, 0.5) is 0 Å². The van der Waals surface area contributed by atoms with Crippen molar-refractivity contribution in [1.82, 2.24) is 24.5 Å². The lowest BCUT2D eigenvalue weighted by atomic mass is 10.0. The van der Waals surface area contributed by atoms with Crippen molar-refractivity contribution in [3.63, 3.8) is 0 Å². The molecule has 0 aliphatic rings. The normalized spacial score (nSPS) is 11.3. The van der Waals surface area contributed by atoms with E-state index in [2.05, 4.69) is 112 Å². The van der Waals surface area contributed by atoms with E-state index in [0.717, 1.165) is 50.8 Å².